The molecule has 2 aromatic heterocycles. The highest BCUT2D eigenvalue weighted by atomic mass is 79.9. The fraction of sp³-hybridized carbons (Fsp3) is 0.0870. The molecule has 0 saturated heterocycles. The van der Waals surface area contributed by atoms with Gasteiger partial charge in [-0.3, -0.25) is 15.1 Å². The first kappa shape index (κ1) is 20.3. The fourth-order valence-electron chi connectivity index (χ4n) is 3.12. The molecule has 0 saturated carbocycles. The van der Waals surface area contributed by atoms with Crippen LogP contribution in [0.3, 0.4) is 0 Å². The molecule has 0 aliphatic heterocycles. The Morgan fingerprint density at radius 3 is 2.33 bits per heavy atom. The zero-order valence-electron chi connectivity index (χ0n) is 16.4. The molecule has 0 bridgehead atoms. The van der Waals surface area contributed by atoms with Crippen molar-refractivity contribution >= 4 is 49.7 Å². The van der Waals surface area contributed by atoms with E-state index in [4.69, 9.17) is 0 Å². The van der Waals surface area contributed by atoms with E-state index in [1.165, 1.54) is 11.3 Å². The highest BCUT2D eigenvalue weighted by Crippen LogP contribution is 2.32. The van der Waals surface area contributed by atoms with Crippen molar-refractivity contribution < 1.29 is 4.79 Å². The van der Waals surface area contributed by atoms with Crippen molar-refractivity contribution in [3.05, 3.63) is 87.5 Å². The van der Waals surface area contributed by atoms with Gasteiger partial charge < -0.3 is 5.32 Å². The van der Waals surface area contributed by atoms with Gasteiger partial charge in [0.15, 0.2) is 5.13 Å². The monoisotopic (exact) mass is 478 g/mol. The van der Waals surface area contributed by atoms with Crippen LogP contribution in [0.15, 0.2) is 70.8 Å². The highest BCUT2D eigenvalue weighted by Gasteiger charge is 2.12. The van der Waals surface area contributed by atoms with Crippen LogP contribution in [0.1, 0.15) is 21.5 Å². The van der Waals surface area contributed by atoms with Gasteiger partial charge in [-0.1, -0.05) is 15.9 Å². The number of pyridine rings is 1. The molecular formula is C23H19BrN4OS. The Balaban J connectivity index is 1.53. The number of halogens is 1. The van der Waals surface area contributed by atoms with Crippen LogP contribution in [0.25, 0.3) is 11.3 Å². The molecule has 2 aromatic carbocycles. The predicted octanol–water partition coefficient (Wildman–Crippen LogP) is 6.58. The molecule has 1 amide bonds. The van der Waals surface area contributed by atoms with Crippen molar-refractivity contribution in [1.29, 1.82) is 0 Å². The van der Waals surface area contributed by atoms with E-state index in [0.717, 1.165) is 38.2 Å². The third kappa shape index (κ3) is 4.58. The van der Waals surface area contributed by atoms with E-state index in [-0.39, 0.29) is 5.91 Å². The van der Waals surface area contributed by atoms with Crippen LogP contribution in [0.5, 0.6) is 0 Å². The van der Waals surface area contributed by atoms with Gasteiger partial charge in [0, 0.05) is 44.7 Å². The van der Waals surface area contributed by atoms with Crippen LogP contribution in [-0.2, 0) is 0 Å². The number of anilines is 3. The summed E-state index contributed by atoms with van der Waals surface area (Å²) in [5.41, 5.74) is 6.79. The van der Waals surface area contributed by atoms with Crippen LogP contribution in [0, 0.1) is 13.8 Å². The summed E-state index contributed by atoms with van der Waals surface area (Å²) in [5.74, 6) is -0.195. The lowest BCUT2D eigenvalue weighted by Crippen LogP contribution is -2.11. The fourth-order valence-corrected chi connectivity index (χ4v) is 4.10. The highest BCUT2D eigenvalue weighted by molar-refractivity contribution is 9.10. The topological polar surface area (TPSA) is 66.9 Å². The lowest BCUT2D eigenvalue weighted by molar-refractivity contribution is 0.102. The first-order chi connectivity index (χ1) is 14.5. The molecule has 2 heterocycles. The Morgan fingerprint density at radius 1 is 1.00 bits per heavy atom. The second-order valence-corrected chi connectivity index (χ2v) is 8.62. The number of benzene rings is 2. The minimum Gasteiger partial charge on any atom is -0.355 e. The number of amides is 1. The largest absolute Gasteiger partial charge is 0.355 e. The number of carbonyl (C=O) groups excluding carboxylic acids is 1. The summed E-state index contributed by atoms with van der Waals surface area (Å²) in [4.78, 5) is 20.9. The quantitative estimate of drug-likeness (QED) is 0.339. The van der Waals surface area contributed by atoms with Crippen molar-refractivity contribution in [2.75, 3.05) is 10.6 Å². The molecule has 0 aliphatic rings. The summed E-state index contributed by atoms with van der Waals surface area (Å²) in [5, 5.41) is 8.87. The third-order valence-electron chi connectivity index (χ3n) is 4.61. The lowest BCUT2D eigenvalue weighted by atomic mass is 10.0. The van der Waals surface area contributed by atoms with E-state index >= 15 is 0 Å². The Morgan fingerprint density at radius 2 is 1.67 bits per heavy atom. The van der Waals surface area contributed by atoms with E-state index in [0.29, 0.717) is 10.7 Å². The smallest absolute Gasteiger partial charge is 0.257 e. The average molecular weight is 479 g/mol. The zero-order chi connectivity index (χ0) is 21.1. The van der Waals surface area contributed by atoms with Crippen LogP contribution in [-0.4, -0.2) is 15.9 Å². The van der Waals surface area contributed by atoms with E-state index in [9.17, 15) is 4.79 Å². The van der Waals surface area contributed by atoms with Crippen molar-refractivity contribution in [3.8, 4) is 11.3 Å². The first-order valence-electron chi connectivity index (χ1n) is 9.31. The molecule has 0 fully saturated rings. The lowest BCUT2D eigenvalue weighted by Gasteiger charge is -2.14. The van der Waals surface area contributed by atoms with E-state index in [1.807, 2.05) is 29.6 Å². The summed E-state index contributed by atoms with van der Waals surface area (Å²) < 4.78 is 1.05. The Labute approximate surface area is 187 Å². The van der Waals surface area contributed by atoms with Gasteiger partial charge in [0.2, 0.25) is 0 Å². The molecule has 0 spiro atoms. The Bertz CT molecular complexity index is 1170. The van der Waals surface area contributed by atoms with E-state index in [1.54, 1.807) is 24.5 Å². The maximum absolute atomic E-state index is 12.3. The molecule has 5 nitrogen and oxygen atoms in total. The summed E-state index contributed by atoms with van der Waals surface area (Å²) in [6.45, 7) is 4.16. The van der Waals surface area contributed by atoms with Gasteiger partial charge in [0.25, 0.3) is 5.91 Å². The molecule has 0 unspecified atom stereocenters. The summed E-state index contributed by atoms with van der Waals surface area (Å²) in [6, 6.07) is 15.7. The van der Waals surface area contributed by atoms with E-state index < -0.39 is 0 Å². The molecule has 0 aliphatic carbocycles. The second-order valence-electron chi connectivity index (χ2n) is 6.84. The van der Waals surface area contributed by atoms with Gasteiger partial charge in [-0.2, -0.15) is 0 Å². The molecule has 2 N–H and O–H groups in total. The Hall–Kier alpha value is -3.03. The summed E-state index contributed by atoms with van der Waals surface area (Å²) in [6.07, 6.45) is 3.19. The van der Waals surface area contributed by atoms with Crippen LogP contribution in [0.2, 0.25) is 0 Å². The van der Waals surface area contributed by atoms with Crippen molar-refractivity contribution in [2.24, 2.45) is 0 Å². The van der Waals surface area contributed by atoms with E-state index in [2.05, 4.69) is 62.5 Å². The third-order valence-corrected chi connectivity index (χ3v) is 5.90. The normalized spacial score (nSPS) is 10.6. The molecule has 150 valence electrons. The molecule has 0 atom stereocenters. The second kappa shape index (κ2) is 8.77. The molecule has 4 aromatic rings. The molecule has 4 rings (SSSR count). The van der Waals surface area contributed by atoms with Gasteiger partial charge in [-0.25, -0.2) is 4.98 Å². The number of nitrogens with one attached hydrogen (secondary N) is 2. The first-order valence-corrected chi connectivity index (χ1v) is 11.0. The van der Waals surface area contributed by atoms with Crippen LogP contribution >= 0.6 is 27.3 Å². The van der Waals surface area contributed by atoms with Crippen molar-refractivity contribution in [3.63, 3.8) is 0 Å². The van der Waals surface area contributed by atoms with Gasteiger partial charge in [-0.05, 0) is 73.5 Å². The van der Waals surface area contributed by atoms with Gasteiger partial charge in [-0.15, -0.1) is 11.3 Å². The SMILES string of the molecule is Cc1cc(-c2csc(NC(=O)c3ccncc3)n2)cc(C)c1Nc1ccc(Br)cc1. The van der Waals surface area contributed by atoms with Gasteiger partial charge in [0.1, 0.15) is 0 Å². The van der Waals surface area contributed by atoms with Gasteiger partial charge in [0.05, 0.1) is 5.69 Å². The number of nitrogens with zero attached hydrogens (tertiary/aromatic N) is 2. The number of aryl methyl sites for hydroxylation is 2. The molecule has 0 radical (unpaired) electrons. The number of thiazole rings is 1. The number of aromatic nitrogens is 2. The number of hydrogen-bond acceptors (Lipinski definition) is 5. The molecule has 30 heavy (non-hydrogen) atoms. The standard InChI is InChI=1S/C23H19BrN4OS/c1-14-11-17(12-15(2)21(14)26-19-5-3-18(24)4-6-19)20-13-30-23(27-20)28-22(29)16-7-9-25-10-8-16/h3-13,26H,1-2H3,(H,27,28,29). The number of carbonyl (C=O) groups is 1. The number of hydrogen-bond donors (Lipinski definition) is 2. The minimum atomic E-state index is -0.195. The van der Waals surface area contributed by atoms with Crippen molar-refractivity contribution in [1.82, 2.24) is 9.97 Å². The number of rotatable bonds is 5. The average Bonchev–Trinajstić information content (AvgIpc) is 3.21. The van der Waals surface area contributed by atoms with Gasteiger partial charge >= 0.3 is 0 Å². The maximum Gasteiger partial charge on any atom is 0.257 e. The van der Waals surface area contributed by atoms with Crippen molar-refractivity contribution in [2.45, 2.75) is 13.8 Å². The summed E-state index contributed by atoms with van der Waals surface area (Å²) in [7, 11) is 0. The zero-order valence-corrected chi connectivity index (χ0v) is 18.8. The molecule has 7 heteroatoms. The maximum atomic E-state index is 12.3. The predicted molar refractivity (Wildman–Crippen MR) is 127 cm³/mol. The Kier molecular flexibility index (Phi) is 5.92. The molecular weight excluding hydrogens is 460 g/mol. The minimum absolute atomic E-state index is 0.195. The van der Waals surface area contributed by atoms with Crippen LogP contribution < -0.4 is 10.6 Å². The summed E-state index contributed by atoms with van der Waals surface area (Å²) >= 11 is 4.87. The van der Waals surface area contributed by atoms with Crippen LogP contribution in [0.4, 0.5) is 16.5 Å².